The van der Waals surface area contributed by atoms with Crippen LogP contribution in [0.2, 0.25) is 0 Å². The van der Waals surface area contributed by atoms with Crippen LogP contribution < -0.4 is 0 Å². The van der Waals surface area contributed by atoms with Gasteiger partial charge in [-0.05, 0) is 26.2 Å². The Morgan fingerprint density at radius 2 is 0.963 bits per heavy atom. The highest BCUT2D eigenvalue weighted by molar-refractivity contribution is 5.69. The molecule has 0 aliphatic heterocycles. The van der Waals surface area contributed by atoms with Gasteiger partial charge in [0.15, 0.2) is 0 Å². The van der Waals surface area contributed by atoms with Crippen molar-refractivity contribution in [2.75, 3.05) is 0 Å². The first-order chi connectivity index (χ1) is 13.2. The van der Waals surface area contributed by atoms with Crippen LogP contribution in [0.4, 0.5) is 0 Å². The van der Waals surface area contributed by atoms with E-state index in [9.17, 15) is 4.79 Å². The maximum atomic E-state index is 11.9. The van der Waals surface area contributed by atoms with Crippen molar-refractivity contribution in [3.8, 4) is 0 Å². The number of unbranched alkanes of at least 4 members (excludes halogenated alkanes) is 16. The molecule has 0 N–H and O–H groups in total. The minimum Gasteiger partial charge on any atom is -0.463 e. The minimum atomic E-state index is 0.0131. The second-order valence-corrected chi connectivity index (χ2v) is 8.50. The number of esters is 1. The van der Waals surface area contributed by atoms with E-state index in [4.69, 9.17) is 4.74 Å². The number of hydrogen-bond acceptors (Lipinski definition) is 2. The van der Waals surface area contributed by atoms with Crippen molar-refractivity contribution >= 4 is 5.97 Å². The lowest BCUT2D eigenvalue weighted by atomic mass is 10.0. The number of ether oxygens (including phenoxy) is 1. The SMILES string of the molecule is CCCCCCCCCCCCCCCC(=O)OC(C)CCCCCCC. The summed E-state index contributed by atoms with van der Waals surface area (Å²) in [5.74, 6) is 0.0131. The highest BCUT2D eigenvalue weighted by Gasteiger charge is 2.08. The van der Waals surface area contributed by atoms with Gasteiger partial charge in [-0.1, -0.05) is 117 Å². The molecule has 0 fully saturated rings. The van der Waals surface area contributed by atoms with Gasteiger partial charge in [-0.15, -0.1) is 0 Å². The fraction of sp³-hybridized carbons (Fsp3) is 0.960. The molecule has 0 aliphatic rings. The maximum absolute atomic E-state index is 11.9. The smallest absolute Gasteiger partial charge is 0.306 e. The summed E-state index contributed by atoms with van der Waals surface area (Å²) < 4.78 is 5.53. The zero-order valence-electron chi connectivity index (χ0n) is 19.0. The Morgan fingerprint density at radius 3 is 1.41 bits per heavy atom. The lowest BCUT2D eigenvalue weighted by Crippen LogP contribution is -2.14. The molecule has 2 heteroatoms. The Bertz CT molecular complexity index is 301. The fourth-order valence-corrected chi connectivity index (χ4v) is 3.66. The molecule has 0 aromatic rings. The van der Waals surface area contributed by atoms with Crippen LogP contribution in [0.15, 0.2) is 0 Å². The van der Waals surface area contributed by atoms with Gasteiger partial charge in [0.25, 0.3) is 0 Å². The third-order valence-corrected chi connectivity index (χ3v) is 5.53. The van der Waals surface area contributed by atoms with E-state index in [-0.39, 0.29) is 12.1 Å². The van der Waals surface area contributed by atoms with Crippen molar-refractivity contribution in [3.63, 3.8) is 0 Å². The predicted molar refractivity (Wildman–Crippen MR) is 119 cm³/mol. The van der Waals surface area contributed by atoms with Crippen LogP contribution in [-0.4, -0.2) is 12.1 Å². The molecular weight excluding hydrogens is 332 g/mol. The zero-order chi connectivity index (χ0) is 20.0. The molecule has 0 amide bonds. The summed E-state index contributed by atoms with van der Waals surface area (Å²) in [6, 6.07) is 0. The molecule has 0 aromatic carbocycles. The van der Waals surface area contributed by atoms with E-state index in [1.165, 1.54) is 109 Å². The van der Waals surface area contributed by atoms with E-state index in [0.29, 0.717) is 6.42 Å². The van der Waals surface area contributed by atoms with E-state index >= 15 is 0 Å². The standard InChI is InChI=1S/C25H50O2/c1-4-6-8-10-11-12-13-14-15-16-17-19-21-23-25(26)27-24(3)22-20-18-9-7-5-2/h24H,4-23H2,1-3H3. The van der Waals surface area contributed by atoms with Crippen LogP contribution in [0.3, 0.4) is 0 Å². The quantitative estimate of drug-likeness (QED) is 0.146. The monoisotopic (exact) mass is 382 g/mol. The Kier molecular flexibility index (Phi) is 21.3. The summed E-state index contributed by atoms with van der Waals surface area (Å²) in [5, 5.41) is 0. The largest absolute Gasteiger partial charge is 0.463 e. The Balaban J connectivity index is 3.26. The van der Waals surface area contributed by atoms with Gasteiger partial charge in [-0.3, -0.25) is 4.79 Å². The van der Waals surface area contributed by atoms with Gasteiger partial charge >= 0.3 is 5.97 Å². The second kappa shape index (κ2) is 21.8. The van der Waals surface area contributed by atoms with Gasteiger partial charge in [-0.25, -0.2) is 0 Å². The van der Waals surface area contributed by atoms with Crippen molar-refractivity contribution < 1.29 is 9.53 Å². The first-order valence-electron chi connectivity index (χ1n) is 12.4. The molecule has 0 aromatic heterocycles. The summed E-state index contributed by atoms with van der Waals surface area (Å²) in [6.45, 7) is 6.56. The highest BCUT2D eigenvalue weighted by Crippen LogP contribution is 2.14. The molecule has 162 valence electrons. The molecule has 1 atom stereocenters. The first-order valence-corrected chi connectivity index (χ1v) is 12.4. The van der Waals surface area contributed by atoms with Crippen LogP contribution in [0.5, 0.6) is 0 Å². The highest BCUT2D eigenvalue weighted by atomic mass is 16.5. The molecular formula is C25H50O2. The molecule has 0 bridgehead atoms. The summed E-state index contributed by atoms with van der Waals surface area (Å²) in [4.78, 5) is 11.9. The minimum absolute atomic E-state index is 0.0131. The Hall–Kier alpha value is -0.530. The van der Waals surface area contributed by atoms with E-state index in [0.717, 1.165) is 12.8 Å². The summed E-state index contributed by atoms with van der Waals surface area (Å²) in [6.07, 6.45) is 25.5. The van der Waals surface area contributed by atoms with Crippen LogP contribution >= 0.6 is 0 Å². The average molecular weight is 383 g/mol. The second-order valence-electron chi connectivity index (χ2n) is 8.50. The molecule has 0 rings (SSSR count). The molecule has 0 heterocycles. The Morgan fingerprint density at radius 1 is 0.593 bits per heavy atom. The lowest BCUT2D eigenvalue weighted by Gasteiger charge is -2.13. The number of rotatable bonds is 21. The fourth-order valence-electron chi connectivity index (χ4n) is 3.66. The maximum Gasteiger partial charge on any atom is 0.306 e. The van der Waals surface area contributed by atoms with Crippen molar-refractivity contribution in [2.45, 2.75) is 155 Å². The third-order valence-electron chi connectivity index (χ3n) is 5.53. The summed E-state index contributed by atoms with van der Waals surface area (Å²) in [5.41, 5.74) is 0. The third kappa shape index (κ3) is 21.6. The van der Waals surface area contributed by atoms with Crippen molar-refractivity contribution in [1.29, 1.82) is 0 Å². The van der Waals surface area contributed by atoms with Crippen LogP contribution in [0.1, 0.15) is 149 Å². The zero-order valence-corrected chi connectivity index (χ0v) is 19.0. The van der Waals surface area contributed by atoms with Gasteiger partial charge in [0.1, 0.15) is 0 Å². The van der Waals surface area contributed by atoms with Crippen molar-refractivity contribution in [2.24, 2.45) is 0 Å². The summed E-state index contributed by atoms with van der Waals surface area (Å²) >= 11 is 0. The topological polar surface area (TPSA) is 26.3 Å². The van der Waals surface area contributed by atoms with Gasteiger partial charge < -0.3 is 4.74 Å². The van der Waals surface area contributed by atoms with Crippen molar-refractivity contribution in [3.05, 3.63) is 0 Å². The van der Waals surface area contributed by atoms with Gasteiger partial charge in [0.2, 0.25) is 0 Å². The number of hydrogen-bond donors (Lipinski definition) is 0. The normalized spacial score (nSPS) is 12.3. The molecule has 0 aliphatic carbocycles. The van der Waals surface area contributed by atoms with Crippen LogP contribution in [0, 0.1) is 0 Å². The molecule has 0 spiro atoms. The average Bonchev–Trinajstić information content (AvgIpc) is 2.65. The van der Waals surface area contributed by atoms with Crippen molar-refractivity contribution in [1.82, 2.24) is 0 Å². The molecule has 0 saturated heterocycles. The lowest BCUT2D eigenvalue weighted by molar-refractivity contribution is -0.148. The number of carbonyl (C=O) groups excluding carboxylic acids is 1. The van der Waals surface area contributed by atoms with Gasteiger partial charge in [0.05, 0.1) is 6.10 Å². The molecule has 2 nitrogen and oxygen atoms in total. The molecule has 1 unspecified atom stereocenters. The molecule has 0 saturated carbocycles. The van der Waals surface area contributed by atoms with E-state index in [1.807, 2.05) is 6.92 Å². The van der Waals surface area contributed by atoms with E-state index in [2.05, 4.69) is 13.8 Å². The van der Waals surface area contributed by atoms with Gasteiger partial charge in [-0.2, -0.15) is 0 Å². The van der Waals surface area contributed by atoms with Crippen LogP contribution in [-0.2, 0) is 9.53 Å². The summed E-state index contributed by atoms with van der Waals surface area (Å²) in [7, 11) is 0. The van der Waals surface area contributed by atoms with Crippen LogP contribution in [0.25, 0.3) is 0 Å². The van der Waals surface area contributed by atoms with Gasteiger partial charge in [0, 0.05) is 6.42 Å². The predicted octanol–water partition coefficient (Wildman–Crippen LogP) is 8.76. The molecule has 0 radical (unpaired) electrons. The first kappa shape index (κ1) is 26.5. The number of carbonyl (C=O) groups is 1. The molecule has 27 heavy (non-hydrogen) atoms. The Labute approximate surface area is 171 Å². The van der Waals surface area contributed by atoms with E-state index < -0.39 is 0 Å². The van der Waals surface area contributed by atoms with E-state index in [1.54, 1.807) is 0 Å².